The Labute approximate surface area is 145 Å². The number of fused-ring (bicyclic) bond motifs is 1. The molecule has 0 radical (unpaired) electrons. The van der Waals surface area contributed by atoms with Crippen molar-refractivity contribution >= 4 is 11.6 Å². The zero-order valence-corrected chi connectivity index (χ0v) is 14.2. The number of carbonyl (C=O) groups is 1. The second-order valence-corrected chi connectivity index (χ2v) is 6.05. The van der Waals surface area contributed by atoms with E-state index in [9.17, 15) is 9.18 Å². The molecule has 0 unspecified atom stereocenters. The van der Waals surface area contributed by atoms with E-state index in [-0.39, 0.29) is 11.7 Å². The lowest BCUT2D eigenvalue weighted by molar-refractivity contribution is 0.0948. The Kier molecular flexibility index (Phi) is 5.04. The second-order valence-electron chi connectivity index (χ2n) is 6.05. The second kappa shape index (κ2) is 7.40. The monoisotopic (exact) mass is 341 g/mol. The summed E-state index contributed by atoms with van der Waals surface area (Å²) in [6.07, 6.45) is 5.91. The van der Waals surface area contributed by atoms with Crippen molar-refractivity contribution in [2.75, 3.05) is 27.2 Å². The van der Waals surface area contributed by atoms with Crippen LogP contribution in [0.3, 0.4) is 0 Å². The highest BCUT2D eigenvalue weighted by Crippen LogP contribution is 2.22. The van der Waals surface area contributed by atoms with Crippen molar-refractivity contribution in [3.05, 3.63) is 54.4 Å². The molecule has 1 N–H and O–H groups in total. The third kappa shape index (κ3) is 4.00. The largest absolute Gasteiger partial charge is 0.351 e. The highest BCUT2D eigenvalue weighted by Gasteiger charge is 2.14. The quantitative estimate of drug-likeness (QED) is 0.699. The van der Waals surface area contributed by atoms with Crippen molar-refractivity contribution < 1.29 is 9.18 Å². The standard InChI is InChI=1S/C18H20FN5O/c1-23(2)10-3-8-21-18(25)15-12-24-11-9-20-16(17(24)22-15)13-4-6-14(19)7-5-13/h4-7,9,11-12H,3,8,10H2,1-2H3,(H,21,25). The van der Waals surface area contributed by atoms with Crippen molar-refractivity contribution in [2.45, 2.75) is 6.42 Å². The minimum atomic E-state index is -0.308. The Bertz CT molecular complexity index is 873. The fourth-order valence-electron chi connectivity index (χ4n) is 2.53. The number of nitrogens with zero attached hydrogens (tertiary/aromatic N) is 4. The van der Waals surface area contributed by atoms with Gasteiger partial charge in [-0.15, -0.1) is 0 Å². The van der Waals surface area contributed by atoms with Crippen LogP contribution < -0.4 is 5.32 Å². The van der Waals surface area contributed by atoms with E-state index in [1.165, 1.54) is 12.1 Å². The van der Waals surface area contributed by atoms with Crippen LogP contribution >= 0.6 is 0 Å². The average molecular weight is 341 g/mol. The summed E-state index contributed by atoms with van der Waals surface area (Å²) in [6.45, 7) is 1.50. The van der Waals surface area contributed by atoms with Gasteiger partial charge in [-0.05, 0) is 51.3 Å². The molecule has 1 aromatic carbocycles. The van der Waals surface area contributed by atoms with Crippen LogP contribution in [0, 0.1) is 5.82 Å². The van der Waals surface area contributed by atoms with Crippen molar-refractivity contribution in [1.29, 1.82) is 0 Å². The number of imidazole rings is 1. The molecule has 0 atom stereocenters. The van der Waals surface area contributed by atoms with Crippen LogP contribution in [-0.2, 0) is 0 Å². The van der Waals surface area contributed by atoms with Crippen molar-refractivity contribution in [1.82, 2.24) is 24.6 Å². The number of rotatable bonds is 6. The van der Waals surface area contributed by atoms with Crippen molar-refractivity contribution in [3.8, 4) is 11.3 Å². The van der Waals surface area contributed by atoms with E-state index in [1.54, 1.807) is 35.1 Å². The molecule has 0 aliphatic carbocycles. The van der Waals surface area contributed by atoms with Gasteiger partial charge in [0.25, 0.3) is 5.91 Å². The maximum absolute atomic E-state index is 13.1. The summed E-state index contributed by atoms with van der Waals surface area (Å²) in [7, 11) is 3.99. The van der Waals surface area contributed by atoms with Gasteiger partial charge >= 0.3 is 0 Å². The number of amides is 1. The lowest BCUT2D eigenvalue weighted by Crippen LogP contribution is -2.27. The minimum absolute atomic E-state index is 0.215. The van der Waals surface area contributed by atoms with E-state index in [2.05, 4.69) is 20.2 Å². The number of benzene rings is 1. The molecule has 0 fully saturated rings. The highest BCUT2D eigenvalue weighted by atomic mass is 19.1. The highest BCUT2D eigenvalue weighted by molar-refractivity contribution is 5.93. The minimum Gasteiger partial charge on any atom is -0.351 e. The summed E-state index contributed by atoms with van der Waals surface area (Å²) in [5.74, 6) is -0.524. The molecule has 0 saturated heterocycles. The van der Waals surface area contributed by atoms with Crippen LogP contribution in [0.2, 0.25) is 0 Å². The summed E-state index contributed by atoms with van der Waals surface area (Å²) in [5.41, 5.74) is 2.25. The first-order valence-electron chi connectivity index (χ1n) is 8.07. The van der Waals surface area contributed by atoms with Crippen LogP contribution in [0.25, 0.3) is 16.9 Å². The normalized spacial score (nSPS) is 11.2. The number of hydrogen-bond donors (Lipinski definition) is 1. The molecule has 0 aliphatic rings. The van der Waals surface area contributed by atoms with Gasteiger partial charge in [-0.1, -0.05) is 0 Å². The van der Waals surface area contributed by atoms with Crippen molar-refractivity contribution in [3.63, 3.8) is 0 Å². The van der Waals surface area contributed by atoms with Gasteiger partial charge in [0, 0.05) is 30.7 Å². The Hall–Kier alpha value is -2.80. The summed E-state index contributed by atoms with van der Waals surface area (Å²) in [6, 6.07) is 6.05. The third-order valence-corrected chi connectivity index (χ3v) is 3.79. The molecule has 0 saturated carbocycles. The first kappa shape index (κ1) is 17.0. The lowest BCUT2D eigenvalue weighted by atomic mass is 10.1. The molecule has 7 heteroatoms. The molecule has 2 aromatic heterocycles. The van der Waals surface area contributed by atoms with Gasteiger partial charge in [-0.2, -0.15) is 0 Å². The van der Waals surface area contributed by atoms with E-state index in [1.807, 2.05) is 14.1 Å². The first-order valence-corrected chi connectivity index (χ1v) is 8.07. The van der Waals surface area contributed by atoms with E-state index in [0.29, 0.717) is 23.6 Å². The van der Waals surface area contributed by atoms with Crippen molar-refractivity contribution in [2.24, 2.45) is 0 Å². The van der Waals surface area contributed by atoms with Gasteiger partial charge in [0.1, 0.15) is 17.2 Å². The summed E-state index contributed by atoms with van der Waals surface area (Å²) in [4.78, 5) is 23.1. The number of hydrogen-bond acceptors (Lipinski definition) is 4. The van der Waals surface area contributed by atoms with Crippen LogP contribution in [0.4, 0.5) is 4.39 Å². The zero-order valence-electron chi connectivity index (χ0n) is 14.2. The van der Waals surface area contributed by atoms with Gasteiger partial charge in [0.15, 0.2) is 5.65 Å². The predicted molar refractivity (Wildman–Crippen MR) is 93.9 cm³/mol. The molecule has 25 heavy (non-hydrogen) atoms. The molecule has 0 spiro atoms. The fourth-order valence-corrected chi connectivity index (χ4v) is 2.53. The zero-order chi connectivity index (χ0) is 17.8. The fraction of sp³-hybridized carbons (Fsp3) is 0.278. The van der Waals surface area contributed by atoms with Crippen LogP contribution in [0.5, 0.6) is 0 Å². The van der Waals surface area contributed by atoms with Crippen LogP contribution in [-0.4, -0.2) is 52.4 Å². The van der Waals surface area contributed by atoms with Gasteiger partial charge in [-0.25, -0.2) is 9.37 Å². The molecule has 3 aromatic rings. The summed E-state index contributed by atoms with van der Waals surface area (Å²) >= 11 is 0. The molecular formula is C18H20FN5O. The Morgan fingerprint density at radius 3 is 2.76 bits per heavy atom. The number of aromatic nitrogens is 3. The first-order chi connectivity index (χ1) is 12.0. The Morgan fingerprint density at radius 1 is 1.28 bits per heavy atom. The van der Waals surface area contributed by atoms with Gasteiger partial charge < -0.3 is 14.6 Å². The smallest absolute Gasteiger partial charge is 0.271 e. The van der Waals surface area contributed by atoms with Gasteiger partial charge in [0.2, 0.25) is 0 Å². The van der Waals surface area contributed by atoms with E-state index < -0.39 is 0 Å². The predicted octanol–water partition coefficient (Wildman–Crippen LogP) is 2.22. The van der Waals surface area contributed by atoms with Crippen LogP contribution in [0.1, 0.15) is 16.9 Å². The number of halogens is 1. The molecular weight excluding hydrogens is 321 g/mol. The molecule has 3 rings (SSSR count). The molecule has 0 bridgehead atoms. The summed E-state index contributed by atoms with van der Waals surface area (Å²) < 4.78 is 14.9. The topological polar surface area (TPSA) is 62.5 Å². The number of carbonyl (C=O) groups excluding carboxylic acids is 1. The van der Waals surface area contributed by atoms with Gasteiger partial charge in [-0.3, -0.25) is 9.78 Å². The maximum Gasteiger partial charge on any atom is 0.271 e. The number of nitrogens with one attached hydrogen (secondary N) is 1. The molecule has 2 heterocycles. The van der Waals surface area contributed by atoms with E-state index in [4.69, 9.17) is 0 Å². The molecule has 1 amide bonds. The third-order valence-electron chi connectivity index (χ3n) is 3.79. The van der Waals surface area contributed by atoms with Gasteiger partial charge in [0.05, 0.1) is 0 Å². The lowest BCUT2D eigenvalue weighted by Gasteiger charge is -2.09. The molecule has 0 aliphatic heterocycles. The van der Waals surface area contributed by atoms with E-state index >= 15 is 0 Å². The van der Waals surface area contributed by atoms with E-state index in [0.717, 1.165) is 18.5 Å². The maximum atomic E-state index is 13.1. The molecule has 6 nitrogen and oxygen atoms in total. The van der Waals surface area contributed by atoms with Crippen LogP contribution in [0.15, 0.2) is 42.9 Å². The average Bonchev–Trinajstić information content (AvgIpc) is 3.03. The Balaban J connectivity index is 1.81. The summed E-state index contributed by atoms with van der Waals surface area (Å²) in [5, 5.41) is 2.87. The molecule has 130 valence electrons. The Morgan fingerprint density at radius 2 is 2.04 bits per heavy atom. The SMILES string of the molecule is CN(C)CCCNC(=O)c1cn2ccnc(-c3ccc(F)cc3)c2n1.